The number of halogens is 3. The minimum Gasteiger partial charge on any atom is -0.295 e. The number of carbonyl (C=O) groups is 1. The molecule has 1 heterocycles. The molecule has 1 aromatic carbocycles. The molecule has 18 heavy (non-hydrogen) atoms. The number of H-pyrrole nitrogens is 1. The third-order valence-electron chi connectivity index (χ3n) is 2.52. The zero-order valence-electron chi connectivity index (χ0n) is 9.38. The van der Waals surface area contributed by atoms with Crippen molar-refractivity contribution in [3.8, 4) is 11.3 Å². The van der Waals surface area contributed by atoms with E-state index in [1.165, 1.54) is 31.2 Å². The number of carbonyl (C=O) groups excluding carboxylic acids is 1. The number of hydrogen-bond acceptors (Lipinski definition) is 2. The van der Waals surface area contributed by atoms with Crippen LogP contribution in [0.25, 0.3) is 11.3 Å². The number of aromatic amines is 1. The fourth-order valence-corrected chi connectivity index (χ4v) is 1.59. The van der Waals surface area contributed by atoms with Crippen molar-refractivity contribution in [3.05, 3.63) is 41.6 Å². The monoisotopic (exact) mass is 254 g/mol. The molecule has 0 fully saturated rings. The number of nitrogens with one attached hydrogen (secondary N) is 1. The Bertz CT molecular complexity index is 570. The van der Waals surface area contributed by atoms with Crippen molar-refractivity contribution in [1.29, 1.82) is 0 Å². The number of hydrogen-bond donors (Lipinski definition) is 1. The fourth-order valence-electron chi connectivity index (χ4n) is 1.59. The molecule has 0 bridgehead atoms. The molecule has 0 spiro atoms. The molecule has 0 aliphatic carbocycles. The Labute approximate surface area is 101 Å². The lowest BCUT2D eigenvalue weighted by Crippen LogP contribution is -2.05. The van der Waals surface area contributed by atoms with E-state index < -0.39 is 11.7 Å². The van der Waals surface area contributed by atoms with Gasteiger partial charge >= 0.3 is 6.18 Å². The van der Waals surface area contributed by atoms with Crippen LogP contribution in [0.5, 0.6) is 0 Å². The summed E-state index contributed by atoms with van der Waals surface area (Å²) in [5, 5.41) is 5.73. The summed E-state index contributed by atoms with van der Waals surface area (Å²) in [6.07, 6.45) is -3.71. The maximum absolute atomic E-state index is 12.7. The molecular weight excluding hydrogens is 245 g/mol. The molecule has 0 saturated carbocycles. The van der Waals surface area contributed by atoms with Crippen LogP contribution in [0.3, 0.4) is 0 Å². The molecule has 0 amide bonds. The lowest BCUT2D eigenvalue weighted by molar-refractivity contribution is -0.137. The zero-order valence-corrected chi connectivity index (χ0v) is 9.38. The van der Waals surface area contributed by atoms with Crippen LogP contribution >= 0.6 is 0 Å². The van der Waals surface area contributed by atoms with Crippen molar-refractivity contribution in [2.75, 3.05) is 0 Å². The van der Waals surface area contributed by atoms with E-state index in [2.05, 4.69) is 10.2 Å². The first-order valence-electron chi connectivity index (χ1n) is 5.11. The summed E-state index contributed by atoms with van der Waals surface area (Å²) in [6.45, 7) is 1.40. The lowest BCUT2D eigenvalue weighted by Gasteiger charge is -2.07. The highest BCUT2D eigenvalue weighted by Crippen LogP contribution is 2.35. The van der Waals surface area contributed by atoms with Crippen LogP contribution in [0.1, 0.15) is 22.8 Å². The average molecular weight is 254 g/mol. The average Bonchev–Trinajstić information content (AvgIpc) is 2.77. The fraction of sp³-hybridized carbons (Fsp3) is 0.167. The Balaban J connectivity index is 2.44. The molecule has 0 aliphatic heterocycles. The maximum atomic E-state index is 12.7. The van der Waals surface area contributed by atoms with Crippen LogP contribution in [0.4, 0.5) is 13.2 Å². The van der Waals surface area contributed by atoms with E-state index in [1.54, 1.807) is 0 Å². The van der Waals surface area contributed by atoms with Crippen molar-refractivity contribution in [3.63, 3.8) is 0 Å². The molecule has 2 aromatic rings. The Morgan fingerprint density at radius 3 is 2.33 bits per heavy atom. The van der Waals surface area contributed by atoms with Crippen molar-refractivity contribution in [2.45, 2.75) is 13.1 Å². The van der Waals surface area contributed by atoms with Gasteiger partial charge in [0.1, 0.15) is 5.56 Å². The van der Waals surface area contributed by atoms with E-state index in [0.29, 0.717) is 11.1 Å². The topological polar surface area (TPSA) is 45.8 Å². The number of ketones is 1. The third-order valence-corrected chi connectivity index (χ3v) is 2.52. The van der Waals surface area contributed by atoms with E-state index in [0.717, 1.165) is 6.20 Å². The van der Waals surface area contributed by atoms with Gasteiger partial charge in [-0.05, 0) is 6.92 Å². The molecule has 0 radical (unpaired) electrons. The highest BCUT2D eigenvalue weighted by molar-refractivity contribution is 5.94. The predicted octanol–water partition coefficient (Wildman–Crippen LogP) is 3.30. The second-order valence-electron chi connectivity index (χ2n) is 3.79. The van der Waals surface area contributed by atoms with E-state index in [4.69, 9.17) is 0 Å². The van der Waals surface area contributed by atoms with Gasteiger partial charge in [-0.3, -0.25) is 9.89 Å². The van der Waals surface area contributed by atoms with Gasteiger partial charge in [0.25, 0.3) is 0 Å². The summed E-state index contributed by atoms with van der Waals surface area (Å²) < 4.78 is 38.0. The third kappa shape index (κ3) is 2.27. The Morgan fingerprint density at radius 1 is 1.22 bits per heavy atom. The van der Waals surface area contributed by atoms with Gasteiger partial charge in [-0.15, -0.1) is 0 Å². The summed E-state index contributed by atoms with van der Waals surface area (Å²) in [6, 6.07) is 5.89. The summed E-state index contributed by atoms with van der Waals surface area (Å²) in [7, 11) is 0. The van der Waals surface area contributed by atoms with Crippen LogP contribution in [-0.4, -0.2) is 16.0 Å². The van der Waals surface area contributed by atoms with Crippen LogP contribution in [0.15, 0.2) is 30.5 Å². The smallest absolute Gasteiger partial charge is 0.295 e. The van der Waals surface area contributed by atoms with Gasteiger partial charge in [-0.25, -0.2) is 0 Å². The Morgan fingerprint density at radius 2 is 1.83 bits per heavy atom. The Hall–Kier alpha value is -2.11. The van der Waals surface area contributed by atoms with Crippen molar-refractivity contribution in [2.24, 2.45) is 0 Å². The van der Waals surface area contributed by atoms with Gasteiger partial charge in [0, 0.05) is 11.1 Å². The largest absolute Gasteiger partial charge is 0.420 e. The molecule has 94 valence electrons. The predicted molar refractivity (Wildman–Crippen MR) is 59.0 cm³/mol. The first-order valence-corrected chi connectivity index (χ1v) is 5.11. The zero-order chi connectivity index (χ0) is 13.3. The SMILES string of the molecule is CC(=O)c1ccc(-c2[nH]ncc2C(F)(F)F)cc1. The van der Waals surface area contributed by atoms with E-state index in [9.17, 15) is 18.0 Å². The van der Waals surface area contributed by atoms with Gasteiger partial charge in [0.05, 0.1) is 11.9 Å². The molecule has 0 aliphatic rings. The van der Waals surface area contributed by atoms with E-state index in [1.807, 2.05) is 0 Å². The molecule has 1 aromatic heterocycles. The van der Waals surface area contributed by atoms with Crippen molar-refractivity contribution in [1.82, 2.24) is 10.2 Å². The number of benzene rings is 1. The maximum Gasteiger partial charge on any atom is 0.420 e. The van der Waals surface area contributed by atoms with Gasteiger partial charge < -0.3 is 0 Å². The number of aromatic nitrogens is 2. The van der Waals surface area contributed by atoms with E-state index >= 15 is 0 Å². The molecule has 0 unspecified atom stereocenters. The molecule has 2 rings (SSSR count). The Kier molecular flexibility index (Phi) is 2.94. The molecule has 1 N–H and O–H groups in total. The molecule has 3 nitrogen and oxygen atoms in total. The lowest BCUT2D eigenvalue weighted by atomic mass is 10.0. The van der Waals surface area contributed by atoms with Gasteiger partial charge in [-0.1, -0.05) is 24.3 Å². The molecular formula is C12H9F3N2O. The second kappa shape index (κ2) is 4.29. The van der Waals surface area contributed by atoms with Crippen LogP contribution in [-0.2, 0) is 6.18 Å². The first-order chi connectivity index (χ1) is 8.39. The number of Topliss-reactive ketones (excluding diaryl/α,β-unsaturated/α-hetero) is 1. The molecule has 6 heteroatoms. The standard InChI is InChI=1S/C12H9F3N2O/c1-7(18)8-2-4-9(5-3-8)11-10(6-16-17-11)12(13,14)15/h2-6H,1H3,(H,16,17). The highest BCUT2D eigenvalue weighted by atomic mass is 19.4. The number of alkyl halides is 3. The van der Waals surface area contributed by atoms with Crippen molar-refractivity contribution >= 4 is 5.78 Å². The number of rotatable bonds is 2. The second-order valence-corrected chi connectivity index (χ2v) is 3.79. The first kappa shape index (κ1) is 12.3. The van der Waals surface area contributed by atoms with Gasteiger partial charge in [0.2, 0.25) is 0 Å². The summed E-state index contributed by atoms with van der Waals surface area (Å²) in [4.78, 5) is 11.1. The summed E-state index contributed by atoms with van der Waals surface area (Å²) >= 11 is 0. The quantitative estimate of drug-likeness (QED) is 0.836. The highest BCUT2D eigenvalue weighted by Gasteiger charge is 2.35. The minimum atomic E-state index is -4.46. The summed E-state index contributed by atoms with van der Waals surface area (Å²) in [5.41, 5.74) is -0.132. The van der Waals surface area contributed by atoms with E-state index in [-0.39, 0.29) is 11.5 Å². The van der Waals surface area contributed by atoms with Gasteiger partial charge in [-0.2, -0.15) is 18.3 Å². The van der Waals surface area contributed by atoms with Crippen molar-refractivity contribution < 1.29 is 18.0 Å². The molecule has 0 atom stereocenters. The minimum absolute atomic E-state index is 0.0994. The van der Waals surface area contributed by atoms with Crippen LogP contribution in [0, 0.1) is 0 Å². The van der Waals surface area contributed by atoms with Crippen LogP contribution in [0.2, 0.25) is 0 Å². The number of nitrogens with zero attached hydrogens (tertiary/aromatic N) is 1. The molecule has 0 saturated heterocycles. The van der Waals surface area contributed by atoms with Crippen LogP contribution < -0.4 is 0 Å². The van der Waals surface area contributed by atoms with Gasteiger partial charge in [0.15, 0.2) is 5.78 Å². The summed E-state index contributed by atoms with van der Waals surface area (Å²) in [5.74, 6) is -0.137. The normalized spacial score (nSPS) is 11.6.